The molecule has 136 valence electrons. The lowest BCUT2D eigenvalue weighted by molar-refractivity contribution is 0.869. The number of rotatable bonds is 5. The monoisotopic (exact) mass is 374 g/mol. The van der Waals surface area contributed by atoms with Crippen LogP contribution in [0.25, 0.3) is 22.2 Å². The zero-order chi connectivity index (χ0) is 18.8. The van der Waals surface area contributed by atoms with Crippen molar-refractivity contribution in [1.82, 2.24) is 9.97 Å². The smallest absolute Gasteiger partial charge is 0.107 e. The zero-order valence-electron chi connectivity index (χ0n) is 15.7. The summed E-state index contributed by atoms with van der Waals surface area (Å²) in [7, 11) is 0. The second kappa shape index (κ2) is 7.58. The highest BCUT2D eigenvalue weighted by atomic mass is 35.5. The molecule has 3 aromatic carbocycles. The van der Waals surface area contributed by atoms with Gasteiger partial charge >= 0.3 is 0 Å². The lowest BCUT2D eigenvalue weighted by Gasteiger charge is -2.12. The van der Waals surface area contributed by atoms with Crippen LogP contribution in [0.1, 0.15) is 36.7 Å². The highest BCUT2D eigenvalue weighted by Crippen LogP contribution is 2.30. The molecule has 1 heterocycles. The third-order valence-electron chi connectivity index (χ3n) is 4.99. The predicted molar refractivity (Wildman–Crippen MR) is 114 cm³/mol. The molecule has 0 atom stereocenters. The molecular formula is C24H23ClN2. The van der Waals surface area contributed by atoms with Crippen molar-refractivity contribution in [2.75, 3.05) is 0 Å². The largest absolute Gasteiger partial charge is 0.342 e. The van der Waals surface area contributed by atoms with Crippen molar-refractivity contribution in [3.63, 3.8) is 0 Å². The molecule has 0 aliphatic carbocycles. The summed E-state index contributed by atoms with van der Waals surface area (Å²) >= 11 is 5.96. The number of halogens is 1. The topological polar surface area (TPSA) is 28.7 Å². The summed E-state index contributed by atoms with van der Waals surface area (Å²) in [6, 6.07) is 23.2. The fourth-order valence-corrected chi connectivity index (χ4v) is 3.65. The molecule has 0 bridgehead atoms. The van der Waals surface area contributed by atoms with Gasteiger partial charge in [0.1, 0.15) is 5.82 Å². The number of nitrogens with zero attached hydrogens (tertiary/aromatic N) is 1. The van der Waals surface area contributed by atoms with Gasteiger partial charge in [0.15, 0.2) is 0 Å². The van der Waals surface area contributed by atoms with Crippen LogP contribution < -0.4 is 0 Å². The first-order chi connectivity index (χ1) is 13.1. The van der Waals surface area contributed by atoms with E-state index < -0.39 is 0 Å². The van der Waals surface area contributed by atoms with E-state index in [4.69, 9.17) is 16.6 Å². The minimum Gasteiger partial charge on any atom is -0.342 e. The Labute approximate surface area is 165 Å². The van der Waals surface area contributed by atoms with E-state index in [1.54, 1.807) is 0 Å². The molecule has 4 rings (SSSR count). The number of fused-ring (bicyclic) bond motifs is 1. The number of aryl methyl sites for hydroxylation is 2. The number of nitrogens with one attached hydrogen (secondary N) is 1. The van der Waals surface area contributed by atoms with Gasteiger partial charge in [0.2, 0.25) is 0 Å². The lowest BCUT2D eigenvalue weighted by Crippen LogP contribution is -1.93. The number of aromatic nitrogens is 2. The normalized spacial score (nSPS) is 11.4. The summed E-state index contributed by atoms with van der Waals surface area (Å²) < 4.78 is 0. The Morgan fingerprint density at radius 1 is 0.926 bits per heavy atom. The summed E-state index contributed by atoms with van der Waals surface area (Å²) in [4.78, 5) is 8.25. The van der Waals surface area contributed by atoms with Crippen molar-refractivity contribution in [1.29, 1.82) is 0 Å². The van der Waals surface area contributed by atoms with Crippen LogP contribution in [-0.4, -0.2) is 9.97 Å². The molecule has 0 amide bonds. The summed E-state index contributed by atoms with van der Waals surface area (Å²) in [5.74, 6) is 1.52. The Balaban J connectivity index is 1.60. The molecule has 0 spiro atoms. The van der Waals surface area contributed by atoms with Gasteiger partial charge in [-0.25, -0.2) is 4.98 Å². The van der Waals surface area contributed by atoms with E-state index in [1.165, 1.54) is 22.3 Å². The summed E-state index contributed by atoms with van der Waals surface area (Å²) in [6.45, 7) is 4.48. The molecule has 3 heteroatoms. The van der Waals surface area contributed by atoms with Crippen molar-refractivity contribution in [2.45, 2.75) is 32.6 Å². The van der Waals surface area contributed by atoms with Gasteiger partial charge in [-0.2, -0.15) is 0 Å². The maximum atomic E-state index is 5.96. The molecule has 4 aromatic rings. The van der Waals surface area contributed by atoms with Gasteiger partial charge < -0.3 is 4.98 Å². The summed E-state index contributed by atoms with van der Waals surface area (Å²) in [6.07, 6.45) is 1.83. The maximum absolute atomic E-state index is 5.96. The molecule has 2 nitrogen and oxygen atoms in total. The molecule has 1 N–H and O–H groups in total. The van der Waals surface area contributed by atoms with E-state index in [-0.39, 0.29) is 0 Å². The Morgan fingerprint density at radius 3 is 2.48 bits per heavy atom. The van der Waals surface area contributed by atoms with Crippen LogP contribution in [-0.2, 0) is 12.8 Å². The number of hydrogen-bond acceptors (Lipinski definition) is 1. The molecule has 0 fully saturated rings. The fraction of sp³-hybridized carbons (Fsp3) is 0.208. The van der Waals surface area contributed by atoms with Crippen molar-refractivity contribution in [3.8, 4) is 11.1 Å². The second-order valence-electron chi connectivity index (χ2n) is 7.28. The minimum atomic E-state index is 0.494. The summed E-state index contributed by atoms with van der Waals surface area (Å²) in [5, 5.41) is 0.775. The molecular weight excluding hydrogens is 352 g/mol. The van der Waals surface area contributed by atoms with Crippen LogP contribution in [0.4, 0.5) is 0 Å². The number of H-pyrrole nitrogens is 1. The SMILES string of the molecule is CC(C)c1ccccc1-c1ccc2nc(CCc3ccc(Cl)cc3)[nH]c2c1. The van der Waals surface area contributed by atoms with Gasteiger partial charge in [0, 0.05) is 11.4 Å². The highest BCUT2D eigenvalue weighted by Gasteiger charge is 2.10. The number of aromatic amines is 1. The van der Waals surface area contributed by atoms with E-state index in [1.807, 2.05) is 12.1 Å². The first-order valence-corrected chi connectivity index (χ1v) is 9.80. The van der Waals surface area contributed by atoms with Crippen molar-refractivity contribution in [3.05, 3.63) is 88.7 Å². The Kier molecular flexibility index (Phi) is 5.00. The molecule has 0 unspecified atom stereocenters. The van der Waals surface area contributed by atoms with Crippen molar-refractivity contribution >= 4 is 22.6 Å². The van der Waals surface area contributed by atoms with Gasteiger partial charge in [-0.3, -0.25) is 0 Å². The molecule has 0 radical (unpaired) electrons. The molecule has 0 aliphatic heterocycles. The predicted octanol–water partition coefficient (Wildman–Crippen LogP) is 6.79. The van der Waals surface area contributed by atoms with E-state index in [0.717, 1.165) is 34.7 Å². The van der Waals surface area contributed by atoms with Gasteiger partial charge in [0.25, 0.3) is 0 Å². The van der Waals surface area contributed by atoms with Crippen LogP contribution in [0.3, 0.4) is 0 Å². The molecule has 27 heavy (non-hydrogen) atoms. The Bertz CT molecular complexity index is 1060. The minimum absolute atomic E-state index is 0.494. The van der Waals surface area contributed by atoms with Crippen LogP contribution in [0.2, 0.25) is 5.02 Å². The van der Waals surface area contributed by atoms with Crippen LogP contribution in [0.15, 0.2) is 66.7 Å². The van der Waals surface area contributed by atoms with Gasteiger partial charge in [-0.1, -0.05) is 67.9 Å². The molecule has 0 saturated carbocycles. The highest BCUT2D eigenvalue weighted by molar-refractivity contribution is 6.30. The summed E-state index contributed by atoms with van der Waals surface area (Å²) in [5.41, 5.74) is 7.29. The number of imidazole rings is 1. The zero-order valence-corrected chi connectivity index (χ0v) is 16.4. The van der Waals surface area contributed by atoms with Crippen molar-refractivity contribution in [2.24, 2.45) is 0 Å². The van der Waals surface area contributed by atoms with Gasteiger partial charge in [-0.15, -0.1) is 0 Å². The molecule has 0 saturated heterocycles. The fourth-order valence-electron chi connectivity index (χ4n) is 3.53. The maximum Gasteiger partial charge on any atom is 0.107 e. The van der Waals surface area contributed by atoms with E-state index >= 15 is 0 Å². The molecule has 0 aliphatic rings. The van der Waals surface area contributed by atoms with Gasteiger partial charge in [-0.05, 0) is 58.9 Å². The first kappa shape index (κ1) is 17.8. The third kappa shape index (κ3) is 3.91. The van der Waals surface area contributed by atoms with E-state index in [0.29, 0.717) is 5.92 Å². The van der Waals surface area contributed by atoms with Crippen molar-refractivity contribution < 1.29 is 0 Å². The van der Waals surface area contributed by atoms with Crippen LogP contribution in [0.5, 0.6) is 0 Å². The quantitative estimate of drug-likeness (QED) is 0.409. The Morgan fingerprint density at radius 2 is 1.70 bits per heavy atom. The average molecular weight is 375 g/mol. The third-order valence-corrected chi connectivity index (χ3v) is 5.24. The van der Waals surface area contributed by atoms with Crippen LogP contribution in [0, 0.1) is 0 Å². The average Bonchev–Trinajstić information content (AvgIpc) is 3.09. The van der Waals surface area contributed by atoms with Crippen LogP contribution >= 0.6 is 11.6 Å². The Hall–Kier alpha value is -2.58. The standard InChI is InChI=1S/C24H23ClN2/c1-16(2)20-5-3-4-6-21(20)18-10-13-22-23(15-18)27-24(26-22)14-9-17-7-11-19(25)12-8-17/h3-8,10-13,15-16H,9,14H2,1-2H3,(H,26,27). The number of benzene rings is 3. The van der Waals surface area contributed by atoms with E-state index in [9.17, 15) is 0 Å². The number of hydrogen-bond donors (Lipinski definition) is 1. The second-order valence-corrected chi connectivity index (χ2v) is 7.72. The van der Waals surface area contributed by atoms with Gasteiger partial charge in [0.05, 0.1) is 11.0 Å². The first-order valence-electron chi connectivity index (χ1n) is 9.42. The molecule has 1 aromatic heterocycles. The van der Waals surface area contributed by atoms with E-state index in [2.05, 4.69) is 73.4 Å². The lowest BCUT2D eigenvalue weighted by atomic mass is 9.92.